The van der Waals surface area contributed by atoms with Crippen LogP contribution in [0.1, 0.15) is 5.56 Å². The molecule has 0 amide bonds. The van der Waals surface area contributed by atoms with E-state index in [0.717, 1.165) is 28.1 Å². The van der Waals surface area contributed by atoms with Crippen molar-refractivity contribution in [2.45, 2.75) is 6.92 Å². The van der Waals surface area contributed by atoms with Crippen LogP contribution < -0.4 is 10.5 Å². The third-order valence-electron chi connectivity index (χ3n) is 2.55. The van der Waals surface area contributed by atoms with Crippen molar-refractivity contribution >= 4 is 5.69 Å². The number of hydrogen-bond donors (Lipinski definition) is 1. The number of ether oxygens (including phenoxy) is 1. The van der Waals surface area contributed by atoms with Crippen molar-refractivity contribution in [1.82, 2.24) is 4.98 Å². The van der Waals surface area contributed by atoms with E-state index in [1.165, 1.54) is 0 Å². The maximum absolute atomic E-state index is 5.80. The van der Waals surface area contributed by atoms with Gasteiger partial charge in [-0.2, -0.15) is 0 Å². The summed E-state index contributed by atoms with van der Waals surface area (Å²) in [6.45, 7) is 2.04. The number of methoxy groups -OCH3 is 1. The molecule has 3 heteroatoms. The van der Waals surface area contributed by atoms with Crippen molar-refractivity contribution in [2.75, 3.05) is 12.8 Å². The van der Waals surface area contributed by atoms with E-state index >= 15 is 0 Å². The minimum absolute atomic E-state index is 0.742. The lowest BCUT2D eigenvalue weighted by molar-refractivity contribution is 0.416. The third-order valence-corrected chi connectivity index (χ3v) is 2.55. The van der Waals surface area contributed by atoms with E-state index in [9.17, 15) is 0 Å². The molecule has 0 bridgehead atoms. The van der Waals surface area contributed by atoms with Gasteiger partial charge in [0.15, 0.2) is 0 Å². The Kier molecular flexibility index (Phi) is 2.77. The smallest absolute Gasteiger partial charge is 0.129 e. The van der Waals surface area contributed by atoms with Crippen LogP contribution >= 0.6 is 0 Å². The molecule has 2 N–H and O–H groups in total. The fraction of sp³-hybridized carbons (Fsp3) is 0.154. The number of aromatic nitrogens is 1. The van der Waals surface area contributed by atoms with Gasteiger partial charge in [-0.15, -0.1) is 0 Å². The molecule has 0 atom stereocenters. The number of anilines is 1. The van der Waals surface area contributed by atoms with Crippen molar-refractivity contribution < 1.29 is 4.74 Å². The lowest BCUT2D eigenvalue weighted by atomic mass is 10.0. The molecule has 0 saturated carbocycles. The first-order valence-corrected chi connectivity index (χ1v) is 5.07. The summed E-state index contributed by atoms with van der Waals surface area (Å²) in [5.41, 5.74) is 9.72. The van der Waals surface area contributed by atoms with Crippen LogP contribution in [0.15, 0.2) is 36.7 Å². The van der Waals surface area contributed by atoms with Gasteiger partial charge >= 0.3 is 0 Å². The second kappa shape index (κ2) is 4.23. The van der Waals surface area contributed by atoms with Crippen molar-refractivity contribution in [3.05, 3.63) is 42.2 Å². The largest absolute Gasteiger partial charge is 0.496 e. The van der Waals surface area contributed by atoms with Gasteiger partial charge in [0, 0.05) is 23.6 Å². The van der Waals surface area contributed by atoms with Gasteiger partial charge in [-0.05, 0) is 36.2 Å². The normalized spacial score (nSPS) is 10.1. The monoisotopic (exact) mass is 214 g/mol. The van der Waals surface area contributed by atoms with Crippen LogP contribution in [0.25, 0.3) is 11.1 Å². The first kappa shape index (κ1) is 10.5. The highest BCUT2D eigenvalue weighted by Crippen LogP contribution is 2.32. The molecule has 1 aromatic heterocycles. The molecule has 16 heavy (non-hydrogen) atoms. The van der Waals surface area contributed by atoms with Gasteiger partial charge < -0.3 is 10.5 Å². The van der Waals surface area contributed by atoms with Crippen LogP contribution in [0.3, 0.4) is 0 Å². The topological polar surface area (TPSA) is 48.1 Å². The van der Waals surface area contributed by atoms with Gasteiger partial charge in [0.05, 0.1) is 7.11 Å². The van der Waals surface area contributed by atoms with Crippen molar-refractivity contribution in [1.29, 1.82) is 0 Å². The molecule has 2 aromatic rings. The molecule has 1 aromatic carbocycles. The van der Waals surface area contributed by atoms with Gasteiger partial charge in [0.25, 0.3) is 0 Å². The van der Waals surface area contributed by atoms with Gasteiger partial charge in [-0.3, -0.25) is 4.98 Å². The Labute approximate surface area is 94.9 Å². The van der Waals surface area contributed by atoms with E-state index in [1.807, 2.05) is 31.2 Å². The van der Waals surface area contributed by atoms with Crippen LogP contribution in [-0.2, 0) is 0 Å². The van der Waals surface area contributed by atoms with Crippen LogP contribution in [0.4, 0.5) is 5.69 Å². The average Bonchev–Trinajstić information content (AvgIpc) is 2.32. The second-order valence-electron chi connectivity index (χ2n) is 3.65. The van der Waals surface area contributed by atoms with E-state index in [1.54, 1.807) is 19.5 Å². The zero-order valence-corrected chi connectivity index (χ0v) is 9.40. The summed E-state index contributed by atoms with van der Waals surface area (Å²) >= 11 is 0. The Morgan fingerprint density at radius 2 is 2.00 bits per heavy atom. The third kappa shape index (κ3) is 1.84. The molecule has 0 unspecified atom stereocenters. The quantitative estimate of drug-likeness (QED) is 0.782. The molecular formula is C13H14N2O. The zero-order chi connectivity index (χ0) is 11.5. The number of nitrogens with two attached hydrogens (primary N) is 1. The highest BCUT2D eigenvalue weighted by Gasteiger charge is 2.08. The fourth-order valence-electron chi connectivity index (χ4n) is 1.69. The Balaban J connectivity index is 2.62. The van der Waals surface area contributed by atoms with Gasteiger partial charge in [-0.25, -0.2) is 0 Å². The van der Waals surface area contributed by atoms with Gasteiger partial charge in [-0.1, -0.05) is 6.07 Å². The average molecular weight is 214 g/mol. The zero-order valence-electron chi connectivity index (χ0n) is 9.40. The lowest BCUT2D eigenvalue weighted by Crippen LogP contribution is -1.93. The van der Waals surface area contributed by atoms with Crippen LogP contribution in [0.5, 0.6) is 5.75 Å². The summed E-state index contributed by atoms with van der Waals surface area (Å²) in [5, 5.41) is 0. The van der Waals surface area contributed by atoms with E-state index in [4.69, 9.17) is 10.5 Å². The Morgan fingerprint density at radius 3 is 2.75 bits per heavy atom. The number of rotatable bonds is 2. The molecule has 0 saturated heterocycles. The van der Waals surface area contributed by atoms with Crippen LogP contribution in [0.2, 0.25) is 0 Å². The van der Waals surface area contributed by atoms with E-state index in [-0.39, 0.29) is 0 Å². The molecule has 3 nitrogen and oxygen atoms in total. The highest BCUT2D eigenvalue weighted by atomic mass is 16.5. The molecule has 1 heterocycles. The predicted octanol–water partition coefficient (Wildman–Crippen LogP) is 2.65. The second-order valence-corrected chi connectivity index (χ2v) is 3.65. The number of hydrogen-bond acceptors (Lipinski definition) is 3. The van der Waals surface area contributed by atoms with Crippen molar-refractivity contribution in [3.8, 4) is 16.9 Å². The van der Waals surface area contributed by atoms with Gasteiger partial charge in [0.2, 0.25) is 0 Å². The minimum atomic E-state index is 0.742. The molecule has 0 radical (unpaired) electrons. The van der Waals surface area contributed by atoms with E-state index in [0.29, 0.717) is 0 Å². The number of nitrogen functional groups attached to an aromatic ring is 1. The molecule has 0 aliphatic rings. The fourth-order valence-corrected chi connectivity index (χ4v) is 1.69. The summed E-state index contributed by atoms with van der Waals surface area (Å²) in [4.78, 5) is 4.12. The Bertz CT molecular complexity index is 509. The molecule has 0 fully saturated rings. The summed E-state index contributed by atoms with van der Waals surface area (Å²) in [6, 6.07) is 7.67. The highest BCUT2D eigenvalue weighted by molar-refractivity contribution is 5.75. The molecule has 2 rings (SSSR count). The summed E-state index contributed by atoms with van der Waals surface area (Å²) in [7, 11) is 1.65. The van der Waals surface area contributed by atoms with E-state index < -0.39 is 0 Å². The first-order valence-electron chi connectivity index (χ1n) is 5.07. The SMILES string of the molecule is COc1ccncc1-c1cc(N)ccc1C. The van der Waals surface area contributed by atoms with E-state index in [2.05, 4.69) is 4.98 Å². The Hall–Kier alpha value is -2.03. The Morgan fingerprint density at radius 1 is 1.19 bits per heavy atom. The number of nitrogens with zero attached hydrogens (tertiary/aromatic N) is 1. The summed E-state index contributed by atoms with van der Waals surface area (Å²) in [6.07, 6.45) is 3.50. The minimum Gasteiger partial charge on any atom is -0.496 e. The number of benzene rings is 1. The van der Waals surface area contributed by atoms with Gasteiger partial charge in [0.1, 0.15) is 5.75 Å². The first-order chi connectivity index (χ1) is 7.72. The van der Waals surface area contributed by atoms with Crippen LogP contribution in [-0.4, -0.2) is 12.1 Å². The molecular weight excluding hydrogens is 200 g/mol. The molecule has 0 spiro atoms. The molecule has 0 aliphatic heterocycles. The van der Waals surface area contributed by atoms with Crippen molar-refractivity contribution in [2.24, 2.45) is 0 Å². The molecule has 0 aliphatic carbocycles. The van der Waals surface area contributed by atoms with Crippen molar-refractivity contribution in [3.63, 3.8) is 0 Å². The maximum Gasteiger partial charge on any atom is 0.129 e. The predicted molar refractivity (Wildman–Crippen MR) is 65.4 cm³/mol. The summed E-state index contributed by atoms with van der Waals surface area (Å²) in [5.74, 6) is 0.809. The maximum atomic E-state index is 5.80. The molecule has 82 valence electrons. The number of pyridine rings is 1. The standard InChI is InChI=1S/C13H14N2O/c1-9-3-4-10(14)7-11(9)12-8-15-6-5-13(12)16-2/h3-8H,14H2,1-2H3. The lowest BCUT2D eigenvalue weighted by Gasteiger charge is -2.10. The number of aryl methyl sites for hydroxylation is 1. The van der Waals surface area contributed by atoms with Crippen LogP contribution in [0, 0.1) is 6.92 Å². The summed E-state index contributed by atoms with van der Waals surface area (Å²) < 4.78 is 5.31.